The molecule has 0 saturated carbocycles. The first-order valence-electron chi connectivity index (χ1n) is 5.64. The zero-order valence-electron chi connectivity index (χ0n) is 10.3. The molecule has 0 fully saturated rings. The summed E-state index contributed by atoms with van der Waals surface area (Å²) in [5.41, 5.74) is 0.139. The molecule has 2 aromatic rings. The van der Waals surface area contributed by atoms with Crippen LogP contribution in [0.15, 0.2) is 30.3 Å². The lowest BCUT2D eigenvalue weighted by Crippen LogP contribution is -2.14. The molecule has 0 bridgehead atoms. The molecule has 2 aromatic carbocycles. The first-order valence-corrected chi connectivity index (χ1v) is 6.02. The third kappa shape index (κ3) is 3.33. The van der Waals surface area contributed by atoms with Gasteiger partial charge in [-0.05, 0) is 12.1 Å². The van der Waals surface area contributed by atoms with Crippen LogP contribution in [0.5, 0.6) is 5.75 Å². The van der Waals surface area contributed by atoms with Crippen LogP contribution in [0.2, 0.25) is 5.02 Å². The predicted molar refractivity (Wildman–Crippen MR) is 67.6 cm³/mol. The Morgan fingerprint density at radius 1 is 1.05 bits per heavy atom. The summed E-state index contributed by atoms with van der Waals surface area (Å²) < 4.78 is 57.1. The van der Waals surface area contributed by atoms with Crippen molar-refractivity contribution in [3.05, 3.63) is 64.2 Å². The van der Waals surface area contributed by atoms with Crippen LogP contribution in [0.25, 0.3) is 0 Å². The molecule has 0 aromatic heterocycles. The van der Waals surface area contributed by atoms with Crippen LogP contribution in [-0.2, 0) is 0 Å². The lowest BCUT2D eigenvalue weighted by atomic mass is 10.1. The molecule has 0 aliphatic heterocycles. The Balaban J connectivity index is 2.19. The van der Waals surface area contributed by atoms with Gasteiger partial charge in [0.1, 0.15) is 0 Å². The van der Waals surface area contributed by atoms with E-state index in [2.05, 4.69) is 4.74 Å². The van der Waals surface area contributed by atoms with Gasteiger partial charge in [0.2, 0.25) is 11.6 Å². The summed E-state index contributed by atoms with van der Waals surface area (Å²) in [5, 5.41) is 0.287. The first-order chi connectivity index (χ1) is 9.90. The Labute approximate surface area is 121 Å². The van der Waals surface area contributed by atoms with Gasteiger partial charge in [-0.15, -0.1) is 0 Å². The van der Waals surface area contributed by atoms with Gasteiger partial charge in [0, 0.05) is 16.7 Å². The number of carbonyl (C=O) groups excluding carboxylic acids is 1. The molecular formula is C14H7ClF4O2. The van der Waals surface area contributed by atoms with Crippen LogP contribution in [0.3, 0.4) is 0 Å². The highest BCUT2D eigenvalue weighted by Gasteiger charge is 2.21. The molecule has 2 nitrogen and oxygen atoms in total. The van der Waals surface area contributed by atoms with Crippen LogP contribution in [0.1, 0.15) is 10.4 Å². The molecule has 110 valence electrons. The van der Waals surface area contributed by atoms with Gasteiger partial charge in [-0.25, -0.2) is 8.78 Å². The van der Waals surface area contributed by atoms with E-state index >= 15 is 0 Å². The molecule has 0 unspecified atom stereocenters. The maximum Gasteiger partial charge on any atom is 0.203 e. The van der Waals surface area contributed by atoms with Crippen molar-refractivity contribution in [2.75, 3.05) is 6.61 Å². The summed E-state index contributed by atoms with van der Waals surface area (Å²) in [6.07, 6.45) is 0. The summed E-state index contributed by atoms with van der Waals surface area (Å²) in [6, 6.07) is 5.82. The SMILES string of the molecule is O=C(COc1c(F)c(F)cc(F)c1F)c1cccc(Cl)c1. The highest BCUT2D eigenvalue weighted by Crippen LogP contribution is 2.26. The fraction of sp³-hybridized carbons (Fsp3) is 0.0714. The van der Waals surface area contributed by atoms with Gasteiger partial charge in [-0.1, -0.05) is 23.7 Å². The second kappa shape index (κ2) is 6.13. The third-order valence-corrected chi connectivity index (χ3v) is 2.80. The number of benzene rings is 2. The van der Waals surface area contributed by atoms with E-state index in [0.717, 1.165) is 0 Å². The van der Waals surface area contributed by atoms with Crippen LogP contribution in [0, 0.1) is 23.3 Å². The van der Waals surface area contributed by atoms with Gasteiger partial charge in [-0.3, -0.25) is 4.79 Å². The van der Waals surface area contributed by atoms with Crippen molar-refractivity contribution in [2.24, 2.45) is 0 Å². The molecule has 21 heavy (non-hydrogen) atoms. The Morgan fingerprint density at radius 2 is 1.67 bits per heavy atom. The van der Waals surface area contributed by atoms with Crippen LogP contribution in [-0.4, -0.2) is 12.4 Å². The van der Waals surface area contributed by atoms with E-state index in [1.165, 1.54) is 24.3 Å². The van der Waals surface area contributed by atoms with Gasteiger partial charge in [0.05, 0.1) is 0 Å². The molecule has 0 heterocycles. The minimum absolute atomic E-state index is 0.0519. The number of halogens is 5. The minimum Gasteiger partial charge on any atom is -0.479 e. The molecule has 0 radical (unpaired) electrons. The number of hydrogen-bond donors (Lipinski definition) is 0. The zero-order valence-corrected chi connectivity index (χ0v) is 11.1. The van der Waals surface area contributed by atoms with Crippen molar-refractivity contribution < 1.29 is 27.1 Å². The lowest BCUT2D eigenvalue weighted by molar-refractivity contribution is 0.0913. The van der Waals surface area contributed by atoms with Gasteiger partial charge >= 0.3 is 0 Å². The smallest absolute Gasteiger partial charge is 0.203 e. The van der Waals surface area contributed by atoms with Crippen molar-refractivity contribution in [3.8, 4) is 5.75 Å². The maximum atomic E-state index is 13.3. The molecule has 0 amide bonds. The molecule has 0 saturated heterocycles. The van der Waals surface area contributed by atoms with E-state index in [1.54, 1.807) is 0 Å². The maximum absolute atomic E-state index is 13.3. The van der Waals surface area contributed by atoms with Crippen molar-refractivity contribution in [1.82, 2.24) is 0 Å². The number of ether oxygens (including phenoxy) is 1. The van der Waals surface area contributed by atoms with E-state index in [4.69, 9.17) is 11.6 Å². The standard InChI is InChI=1S/C14H7ClF4O2/c15-8-3-1-2-7(4-8)11(20)6-21-14-12(18)9(16)5-10(17)13(14)19/h1-5H,6H2. The average molecular weight is 319 g/mol. The van der Waals surface area contributed by atoms with E-state index in [0.29, 0.717) is 0 Å². The monoisotopic (exact) mass is 318 g/mol. The van der Waals surface area contributed by atoms with Gasteiger partial charge in [0.25, 0.3) is 0 Å². The summed E-state index contributed by atoms with van der Waals surface area (Å²) in [7, 11) is 0. The minimum atomic E-state index is -1.70. The highest BCUT2D eigenvalue weighted by atomic mass is 35.5. The highest BCUT2D eigenvalue weighted by molar-refractivity contribution is 6.31. The Bertz CT molecular complexity index is 677. The molecule has 0 aliphatic carbocycles. The number of rotatable bonds is 4. The lowest BCUT2D eigenvalue weighted by Gasteiger charge is -2.09. The van der Waals surface area contributed by atoms with Crippen LogP contribution < -0.4 is 4.74 Å². The number of carbonyl (C=O) groups is 1. The molecule has 0 N–H and O–H groups in total. The van der Waals surface area contributed by atoms with E-state index < -0.39 is 41.4 Å². The number of hydrogen-bond acceptors (Lipinski definition) is 2. The topological polar surface area (TPSA) is 26.3 Å². The van der Waals surface area contributed by atoms with Crippen molar-refractivity contribution in [1.29, 1.82) is 0 Å². The number of Topliss-reactive ketones (excluding diaryl/α,β-unsaturated/α-hetero) is 1. The second-order valence-electron chi connectivity index (χ2n) is 4.02. The fourth-order valence-corrected chi connectivity index (χ4v) is 1.75. The molecular weight excluding hydrogens is 312 g/mol. The van der Waals surface area contributed by atoms with Gasteiger partial charge < -0.3 is 4.74 Å². The molecule has 0 spiro atoms. The Morgan fingerprint density at radius 3 is 2.24 bits per heavy atom. The molecule has 7 heteroatoms. The van der Waals surface area contributed by atoms with Crippen LogP contribution in [0.4, 0.5) is 17.6 Å². The average Bonchev–Trinajstić information content (AvgIpc) is 2.45. The summed E-state index contributed by atoms with van der Waals surface area (Å²) in [4.78, 5) is 11.7. The first kappa shape index (κ1) is 15.3. The normalized spacial score (nSPS) is 10.5. The second-order valence-corrected chi connectivity index (χ2v) is 4.46. The Hall–Kier alpha value is -2.08. The van der Waals surface area contributed by atoms with E-state index in [1.807, 2.05) is 0 Å². The van der Waals surface area contributed by atoms with E-state index in [9.17, 15) is 22.4 Å². The van der Waals surface area contributed by atoms with Crippen molar-refractivity contribution in [2.45, 2.75) is 0 Å². The van der Waals surface area contributed by atoms with Gasteiger partial charge in [-0.2, -0.15) is 8.78 Å². The molecule has 0 aliphatic rings. The molecule has 2 rings (SSSR count). The quantitative estimate of drug-likeness (QED) is 0.481. The fourth-order valence-electron chi connectivity index (χ4n) is 1.56. The summed E-state index contributed by atoms with van der Waals surface area (Å²) in [6.45, 7) is -0.795. The predicted octanol–water partition coefficient (Wildman–Crippen LogP) is 4.16. The van der Waals surface area contributed by atoms with Crippen molar-refractivity contribution in [3.63, 3.8) is 0 Å². The summed E-state index contributed by atoms with van der Waals surface area (Å²) in [5.74, 6) is -8.55. The largest absolute Gasteiger partial charge is 0.479 e. The number of ketones is 1. The summed E-state index contributed by atoms with van der Waals surface area (Å²) >= 11 is 5.69. The van der Waals surface area contributed by atoms with Crippen LogP contribution >= 0.6 is 11.6 Å². The Kier molecular flexibility index (Phi) is 4.47. The van der Waals surface area contributed by atoms with Gasteiger partial charge in [0.15, 0.2) is 29.8 Å². The molecule has 0 atom stereocenters. The van der Waals surface area contributed by atoms with Crippen molar-refractivity contribution >= 4 is 17.4 Å². The third-order valence-electron chi connectivity index (χ3n) is 2.57. The van der Waals surface area contributed by atoms with E-state index in [-0.39, 0.29) is 16.7 Å². The zero-order chi connectivity index (χ0) is 15.6.